The minimum Gasteiger partial charge on any atom is -0.497 e. The van der Waals surface area contributed by atoms with Crippen LogP contribution in [0.1, 0.15) is 66.0 Å². The van der Waals surface area contributed by atoms with Crippen molar-refractivity contribution < 1.29 is 14.3 Å². The van der Waals surface area contributed by atoms with Crippen molar-refractivity contribution in [3.8, 4) is 11.4 Å². The van der Waals surface area contributed by atoms with Crippen LogP contribution in [-0.4, -0.2) is 46.7 Å². The molecule has 7 heteroatoms. The highest BCUT2D eigenvalue weighted by Crippen LogP contribution is 2.27. The lowest BCUT2D eigenvalue weighted by Crippen LogP contribution is -2.38. The van der Waals surface area contributed by atoms with Crippen molar-refractivity contribution in [3.05, 3.63) is 36.0 Å². The van der Waals surface area contributed by atoms with Gasteiger partial charge in [-0.25, -0.2) is 4.68 Å². The molecule has 0 saturated carbocycles. The molecule has 2 amide bonds. The summed E-state index contributed by atoms with van der Waals surface area (Å²) in [6.45, 7) is 10.8. The summed E-state index contributed by atoms with van der Waals surface area (Å²) in [5.74, 6) is 1.09. The Morgan fingerprint density at radius 3 is 2.35 bits per heavy atom. The highest BCUT2D eigenvalue weighted by molar-refractivity contribution is 5.94. The first kappa shape index (κ1) is 24.4. The Hall–Kier alpha value is -2.83. The van der Waals surface area contributed by atoms with Gasteiger partial charge in [-0.05, 0) is 30.7 Å². The van der Waals surface area contributed by atoms with Crippen LogP contribution in [-0.2, 0) is 15.0 Å². The molecule has 1 heterocycles. The lowest BCUT2D eigenvalue weighted by molar-refractivity contribution is -0.134. The van der Waals surface area contributed by atoms with Crippen LogP contribution in [0.5, 0.6) is 5.75 Å². The normalized spacial score (nSPS) is 11.3. The number of hydrogen-bond acceptors (Lipinski definition) is 4. The number of anilines is 1. The quantitative estimate of drug-likeness (QED) is 0.564. The molecule has 0 fully saturated rings. The molecule has 1 aromatic heterocycles. The first-order chi connectivity index (χ1) is 14.7. The number of amides is 2. The number of unbranched alkanes of at least 4 members (excludes halogenated alkanes) is 2. The van der Waals surface area contributed by atoms with Gasteiger partial charge in [0, 0.05) is 24.4 Å². The number of carbonyl (C=O) groups is 2. The van der Waals surface area contributed by atoms with Crippen LogP contribution in [0.25, 0.3) is 5.69 Å². The average molecular weight is 429 g/mol. The van der Waals surface area contributed by atoms with E-state index in [1.165, 1.54) is 0 Å². The zero-order chi connectivity index (χ0) is 23.0. The van der Waals surface area contributed by atoms with Gasteiger partial charge < -0.3 is 15.0 Å². The van der Waals surface area contributed by atoms with Crippen molar-refractivity contribution in [1.82, 2.24) is 14.7 Å². The van der Waals surface area contributed by atoms with Crippen molar-refractivity contribution in [2.24, 2.45) is 0 Å². The third kappa shape index (κ3) is 6.84. The maximum atomic E-state index is 12.9. The van der Waals surface area contributed by atoms with Crippen molar-refractivity contribution in [2.45, 2.75) is 65.7 Å². The van der Waals surface area contributed by atoms with Crippen LogP contribution in [0, 0.1) is 0 Å². The van der Waals surface area contributed by atoms with Gasteiger partial charge in [0.05, 0.1) is 25.0 Å². The SMILES string of the molecule is CCCCCN(CC(=O)Nc1cc(C(C)(C)C)nn1-c1ccc(OC)cc1)C(=O)CC. The predicted molar refractivity (Wildman–Crippen MR) is 124 cm³/mol. The number of hydrogen-bond donors (Lipinski definition) is 1. The second-order valence-electron chi connectivity index (χ2n) is 8.70. The summed E-state index contributed by atoms with van der Waals surface area (Å²) in [6, 6.07) is 9.39. The molecule has 0 spiro atoms. The Morgan fingerprint density at radius 1 is 1.13 bits per heavy atom. The Balaban J connectivity index is 2.25. The fourth-order valence-electron chi connectivity index (χ4n) is 3.18. The van der Waals surface area contributed by atoms with E-state index >= 15 is 0 Å². The van der Waals surface area contributed by atoms with Crippen LogP contribution in [0.2, 0.25) is 0 Å². The van der Waals surface area contributed by atoms with E-state index in [0.29, 0.717) is 18.8 Å². The Kier molecular flexibility index (Phi) is 8.65. The molecule has 0 aliphatic carbocycles. The summed E-state index contributed by atoms with van der Waals surface area (Å²) in [4.78, 5) is 26.8. The van der Waals surface area contributed by atoms with Gasteiger partial charge >= 0.3 is 0 Å². The predicted octanol–water partition coefficient (Wildman–Crippen LogP) is 4.55. The minimum absolute atomic E-state index is 0.00899. The number of methoxy groups -OCH3 is 1. The molecular formula is C24H36N4O3. The lowest BCUT2D eigenvalue weighted by Gasteiger charge is -2.21. The van der Waals surface area contributed by atoms with E-state index < -0.39 is 0 Å². The zero-order valence-corrected chi connectivity index (χ0v) is 19.7. The van der Waals surface area contributed by atoms with Gasteiger partial charge in [-0.15, -0.1) is 0 Å². The third-order valence-corrected chi connectivity index (χ3v) is 5.08. The fraction of sp³-hybridized carbons (Fsp3) is 0.542. The number of rotatable bonds is 10. The molecule has 0 unspecified atom stereocenters. The molecule has 0 aliphatic heterocycles. The summed E-state index contributed by atoms with van der Waals surface area (Å²) in [5, 5.41) is 7.70. The Morgan fingerprint density at radius 2 is 1.81 bits per heavy atom. The number of aromatic nitrogens is 2. The molecule has 2 rings (SSSR count). The molecular weight excluding hydrogens is 392 g/mol. The standard InChI is InChI=1S/C24H36N4O3/c1-7-9-10-15-27(23(30)8-2)17-22(29)25-21-16-20(24(3,4)5)26-28(21)18-11-13-19(31-6)14-12-18/h11-14,16H,7-10,15,17H2,1-6H3,(H,25,29). The molecule has 0 radical (unpaired) electrons. The monoisotopic (exact) mass is 428 g/mol. The third-order valence-electron chi connectivity index (χ3n) is 5.08. The summed E-state index contributed by atoms with van der Waals surface area (Å²) in [7, 11) is 1.62. The smallest absolute Gasteiger partial charge is 0.245 e. The van der Waals surface area contributed by atoms with Gasteiger partial charge in [-0.3, -0.25) is 9.59 Å². The first-order valence-corrected chi connectivity index (χ1v) is 11.0. The van der Waals surface area contributed by atoms with E-state index in [4.69, 9.17) is 9.84 Å². The molecule has 7 nitrogen and oxygen atoms in total. The van der Waals surface area contributed by atoms with Crippen LogP contribution >= 0.6 is 0 Å². The zero-order valence-electron chi connectivity index (χ0n) is 19.7. The first-order valence-electron chi connectivity index (χ1n) is 11.0. The topological polar surface area (TPSA) is 76.5 Å². The van der Waals surface area contributed by atoms with Gasteiger partial charge in [0.1, 0.15) is 11.6 Å². The van der Waals surface area contributed by atoms with Crippen LogP contribution in [0.4, 0.5) is 5.82 Å². The largest absolute Gasteiger partial charge is 0.497 e. The maximum absolute atomic E-state index is 12.9. The molecule has 0 aliphatic rings. The van der Waals surface area contributed by atoms with Crippen LogP contribution < -0.4 is 10.1 Å². The van der Waals surface area contributed by atoms with Crippen molar-refractivity contribution in [1.29, 1.82) is 0 Å². The van der Waals surface area contributed by atoms with E-state index in [1.807, 2.05) is 37.3 Å². The number of carbonyl (C=O) groups excluding carboxylic acids is 2. The van der Waals surface area contributed by atoms with Gasteiger partial charge in [-0.1, -0.05) is 47.5 Å². The molecule has 170 valence electrons. The van der Waals surface area contributed by atoms with E-state index in [9.17, 15) is 9.59 Å². The second-order valence-corrected chi connectivity index (χ2v) is 8.70. The van der Waals surface area contributed by atoms with Crippen molar-refractivity contribution >= 4 is 17.6 Å². The number of nitrogens with one attached hydrogen (secondary N) is 1. The molecule has 0 atom stereocenters. The average Bonchev–Trinajstić information content (AvgIpc) is 3.16. The van der Waals surface area contributed by atoms with E-state index in [1.54, 1.807) is 16.7 Å². The minimum atomic E-state index is -0.228. The highest BCUT2D eigenvalue weighted by Gasteiger charge is 2.22. The second kappa shape index (κ2) is 11.0. The molecule has 0 bridgehead atoms. The van der Waals surface area contributed by atoms with Crippen molar-refractivity contribution in [3.63, 3.8) is 0 Å². The van der Waals surface area contributed by atoms with Gasteiger partial charge in [0.15, 0.2) is 0 Å². The molecule has 31 heavy (non-hydrogen) atoms. The van der Waals surface area contributed by atoms with E-state index in [-0.39, 0.29) is 23.8 Å². The summed E-state index contributed by atoms with van der Waals surface area (Å²) < 4.78 is 6.96. The number of ether oxygens (including phenoxy) is 1. The van der Waals surface area contributed by atoms with Gasteiger partial charge in [-0.2, -0.15) is 5.10 Å². The van der Waals surface area contributed by atoms with Gasteiger partial charge in [0.2, 0.25) is 11.8 Å². The summed E-state index contributed by atoms with van der Waals surface area (Å²) >= 11 is 0. The lowest BCUT2D eigenvalue weighted by atomic mass is 9.92. The van der Waals surface area contributed by atoms with Crippen LogP contribution in [0.15, 0.2) is 30.3 Å². The summed E-state index contributed by atoms with van der Waals surface area (Å²) in [6.07, 6.45) is 3.39. The van der Waals surface area contributed by atoms with Gasteiger partial charge in [0.25, 0.3) is 0 Å². The van der Waals surface area contributed by atoms with E-state index in [0.717, 1.165) is 36.4 Å². The fourth-order valence-corrected chi connectivity index (χ4v) is 3.18. The maximum Gasteiger partial charge on any atom is 0.245 e. The Labute approximate surface area is 185 Å². The van der Waals surface area contributed by atoms with Crippen molar-refractivity contribution in [2.75, 3.05) is 25.5 Å². The van der Waals surface area contributed by atoms with Crippen LogP contribution in [0.3, 0.4) is 0 Å². The molecule has 1 N–H and O–H groups in total. The summed E-state index contributed by atoms with van der Waals surface area (Å²) in [5.41, 5.74) is 1.50. The molecule has 2 aromatic rings. The van der Waals surface area contributed by atoms with E-state index in [2.05, 4.69) is 33.0 Å². The Bertz CT molecular complexity index is 866. The highest BCUT2D eigenvalue weighted by atomic mass is 16.5. The molecule has 1 aromatic carbocycles. The number of benzene rings is 1. The molecule has 0 saturated heterocycles. The number of nitrogens with zero attached hydrogens (tertiary/aromatic N) is 3.